The first-order chi connectivity index (χ1) is 23.5. The summed E-state index contributed by atoms with van der Waals surface area (Å²) < 4.78 is 38.1. The van der Waals surface area contributed by atoms with Crippen LogP contribution in [-0.4, -0.2) is 73.2 Å². The van der Waals surface area contributed by atoms with Gasteiger partial charge in [-0.05, 0) is 164 Å². The van der Waals surface area contributed by atoms with Crippen molar-refractivity contribution in [2.75, 3.05) is 33.5 Å². The molecular formula is C47H96O6. The van der Waals surface area contributed by atoms with Crippen LogP contribution < -0.4 is 0 Å². The van der Waals surface area contributed by atoms with E-state index in [0.717, 1.165) is 77.6 Å². The van der Waals surface area contributed by atoms with Gasteiger partial charge in [-0.2, -0.15) is 0 Å². The predicted octanol–water partition coefficient (Wildman–Crippen LogP) is 13.4. The van der Waals surface area contributed by atoms with E-state index in [1.165, 1.54) is 0 Å². The van der Waals surface area contributed by atoms with Gasteiger partial charge < -0.3 is 28.4 Å². The number of hydrogen-bond donors (Lipinski definition) is 0. The molecule has 0 bridgehead atoms. The Hall–Kier alpha value is -0.240. The molecule has 0 amide bonds. The van der Waals surface area contributed by atoms with E-state index >= 15 is 0 Å². The summed E-state index contributed by atoms with van der Waals surface area (Å²) in [5.41, 5.74) is -1.24. The summed E-state index contributed by atoms with van der Waals surface area (Å²) in [5, 5.41) is 0. The van der Waals surface area contributed by atoms with Crippen LogP contribution in [0.5, 0.6) is 0 Å². The maximum Gasteiger partial charge on any atom is 0.0680 e. The molecule has 0 aromatic carbocycles. The van der Waals surface area contributed by atoms with Gasteiger partial charge in [0, 0.05) is 26.9 Å². The molecule has 6 nitrogen and oxygen atoms in total. The summed E-state index contributed by atoms with van der Waals surface area (Å²) >= 11 is 0. The molecule has 0 heterocycles. The Labute approximate surface area is 332 Å². The SMILES string of the molecule is COC(C)(C)CCOC(C)(C)C(C)(C)CCCCOC(C)(C)C(C)(C)CC(C)OC(C)(C)C(C)(C)CCCCOC(C)(C)C(C)(C)CCOC(C)(C)C. The Morgan fingerprint density at radius 2 is 0.736 bits per heavy atom. The summed E-state index contributed by atoms with van der Waals surface area (Å²) in [4.78, 5) is 0. The minimum Gasteiger partial charge on any atom is -0.379 e. The number of hydrogen-bond acceptors (Lipinski definition) is 6. The highest BCUT2D eigenvalue weighted by molar-refractivity contribution is 4.93. The Kier molecular flexibility index (Phi) is 19.9. The molecule has 0 saturated carbocycles. The fourth-order valence-corrected chi connectivity index (χ4v) is 6.42. The largest absolute Gasteiger partial charge is 0.379 e. The van der Waals surface area contributed by atoms with Crippen molar-refractivity contribution >= 4 is 0 Å². The van der Waals surface area contributed by atoms with Crippen molar-refractivity contribution in [2.24, 2.45) is 21.7 Å². The first-order valence-corrected chi connectivity index (χ1v) is 21.3. The molecule has 1 atom stereocenters. The van der Waals surface area contributed by atoms with Gasteiger partial charge in [0.15, 0.2) is 0 Å². The van der Waals surface area contributed by atoms with Gasteiger partial charge in [0.1, 0.15) is 0 Å². The van der Waals surface area contributed by atoms with Crippen LogP contribution in [0.4, 0.5) is 0 Å². The van der Waals surface area contributed by atoms with Crippen molar-refractivity contribution in [1.82, 2.24) is 0 Å². The summed E-state index contributed by atoms with van der Waals surface area (Å²) in [7, 11) is 1.77. The van der Waals surface area contributed by atoms with Gasteiger partial charge in [0.2, 0.25) is 0 Å². The lowest BCUT2D eigenvalue weighted by molar-refractivity contribution is -0.164. The Morgan fingerprint density at radius 3 is 1.15 bits per heavy atom. The van der Waals surface area contributed by atoms with Crippen LogP contribution in [0.15, 0.2) is 0 Å². The third-order valence-electron chi connectivity index (χ3n) is 14.1. The van der Waals surface area contributed by atoms with Crippen LogP contribution in [0.1, 0.15) is 210 Å². The molecule has 0 N–H and O–H groups in total. The lowest BCUT2D eigenvalue weighted by Gasteiger charge is -2.47. The van der Waals surface area contributed by atoms with Crippen LogP contribution in [0.25, 0.3) is 0 Å². The molecule has 0 aromatic rings. The van der Waals surface area contributed by atoms with Crippen molar-refractivity contribution in [3.05, 3.63) is 0 Å². The maximum absolute atomic E-state index is 6.90. The van der Waals surface area contributed by atoms with Crippen molar-refractivity contribution in [2.45, 2.75) is 250 Å². The quantitative estimate of drug-likeness (QED) is 0.0741. The zero-order valence-electron chi connectivity index (χ0n) is 40.2. The highest BCUT2D eigenvalue weighted by Gasteiger charge is 2.44. The minimum atomic E-state index is -0.279. The van der Waals surface area contributed by atoms with Gasteiger partial charge in [-0.1, -0.05) is 68.2 Å². The molecule has 0 aliphatic carbocycles. The predicted molar refractivity (Wildman–Crippen MR) is 228 cm³/mol. The van der Waals surface area contributed by atoms with E-state index in [4.69, 9.17) is 28.4 Å². The molecule has 6 heteroatoms. The molecule has 0 aliphatic rings. The Balaban J connectivity index is 4.90. The van der Waals surface area contributed by atoms with E-state index in [2.05, 4.69) is 152 Å². The van der Waals surface area contributed by atoms with Crippen LogP contribution in [0.3, 0.4) is 0 Å². The molecule has 53 heavy (non-hydrogen) atoms. The lowest BCUT2D eigenvalue weighted by Crippen LogP contribution is -2.47. The molecule has 0 aliphatic heterocycles. The fourth-order valence-electron chi connectivity index (χ4n) is 6.42. The van der Waals surface area contributed by atoms with Gasteiger partial charge in [-0.25, -0.2) is 0 Å². The molecule has 0 rings (SSSR count). The van der Waals surface area contributed by atoms with Crippen LogP contribution >= 0.6 is 0 Å². The van der Waals surface area contributed by atoms with E-state index < -0.39 is 0 Å². The van der Waals surface area contributed by atoms with Crippen LogP contribution in [0.2, 0.25) is 0 Å². The number of ether oxygens (including phenoxy) is 6. The van der Waals surface area contributed by atoms with E-state index in [-0.39, 0.29) is 61.4 Å². The van der Waals surface area contributed by atoms with E-state index in [9.17, 15) is 0 Å². The van der Waals surface area contributed by atoms with Crippen LogP contribution in [-0.2, 0) is 28.4 Å². The Bertz CT molecular complexity index is 1020. The topological polar surface area (TPSA) is 55.4 Å². The van der Waals surface area contributed by atoms with Crippen molar-refractivity contribution in [3.63, 3.8) is 0 Å². The van der Waals surface area contributed by atoms with Gasteiger partial charge in [0.05, 0.1) is 46.3 Å². The van der Waals surface area contributed by atoms with E-state index in [1.54, 1.807) is 7.11 Å². The third-order valence-corrected chi connectivity index (χ3v) is 14.1. The summed E-state index contributed by atoms with van der Waals surface area (Å²) in [6.07, 6.45) is 9.36. The molecule has 0 fully saturated rings. The minimum absolute atomic E-state index is 0.0173. The molecule has 0 saturated heterocycles. The normalized spacial score (nSPS) is 15.7. The van der Waals surface area contributed by atoms with Crippen molar-refractivity contribution < 1.29 is 28.4 Å². The zero-order valence-corrected chi connectivity index (χ0v) is 40.2. The molecule has 0 aromatic heterocycles. The van der Waals surface area contributed by atoms with Gasteiger partial charge >= 0.3 is 0 Å². The van der Waals surface area contributed by atoms with Crippen molar-refractivity contribution in [3.8, 4) is 0 Å². The maximum atomic E-state index is 6.90. The molecule has 0 spiro atoms. The van der Waals surface area contributed by atoms with Crippen LogP contribution in [0, 0.1) is 21.7 Å². The fraction of sp³-hybridized carbons (Fsp3) is 1.00. The van der Waals surface area contributed by atoms with Crippen molar-refractivity contribution in [1.29, 1.82) is 0 Å². The number of unbranched alkanes of at least 4 members (excludes halogenated alkanes) is 2. The summed E-state index contributed by atoms with van der Waals surface area (Å²) in [6.45, 7) is 52.4. The second-order valence-corrected chi connectivity index (χ2v) is 22.6. The average Bonchev–Trinajstić information content (AvgIpc) is 2.94. The molecular weight excluding hydrogens is 661 g/mol. The second-order valence-electron chi connectivity index (χ2n) is 22.6. The van der Waals surface area contributed by atoms with Gasteiger partial charge in [-0.15, -0.1) is 0 Å². The summed E-state index contributed by atoms with van der Waals surface area (Å²) in [5.74, 6) is 0. The Morgan fingerprint density at radius 1 is 0.377 bits per heavy atom. The zero-order chi connectivity index (χ0) is 42.0. The summed E-state index contributed by atoms with van der Waals surface area (Å²) in [6, 6.07) is 0. The third kappa shape index (κ3) is 17.8. The first-order valence-electron chi connectivity index (χ1n) is 21.3. The standard InChI is InChI=1S/C47H96O6/c1-37(53-47(21,22)40(7,8)29-25-27-32-50-45(17,18)41(9,10)30-34-49-38(2,3)4)36-42(11,12)46(19,20)51-33-26-24-28-39(5,6)44(15,16)52-35-31-43(13,14)48-23/h37H,24-36H2,1-23H3. The van der Waals surface area contributed by atoms with E-state index in [1.807, 2.05) is 0 Å². The molecule has 320 valence electrons. The van der Waals surface area contributed by atoms with E-state index in [0.29, 0.717) is 6.61 Å². The van der Waals surface area contributed by atoms with Gasteiger partial charge in [-0.3, -0.25) is 0 Å². The molecule has 0 radical (unpaired) electrons. The first kappa shape index (κ1) is 52.8. The van der Waals surface area contributed by atoms with Gasteiger partial charge in [0.25, 0.3) is 0 Å². The second kappa shape index (κ2) is 20.0. The lowest BCUT2D eigenvalue weighted by atomic mass is 9.71. The monoisotopic (exact) mass is 757 g/mol. The highest BCUT2D eigenvalue weighted by Crippen LogP contribution is 2.44. The smallest absolute Gasteiger partial charge is 0.0680 e. The number of rotatable bonds is 28. The molecule has 1 unspecified atom stereocenters. The number of methoxy groups -OCH3 is 1. The highest BCUT2D eigenvalue weighted by atomic mass is 16.5. The average molecular weight is 757 g/mol.